The molecule has 0 unspecified atom stereocenters. The van der Waals surface area contributed by atoms with Crippen LogP contribution < -0.4 is 5.32 Å². The smallest absolute Gasteiger partial charge is 0.241 e. The van der Waals surface area contributed by atoms with Crippen molar-refractivity contribution in [3.63, 3.8) is 0 Å². The molecule has 1 amide bonds. The molecule has 6 heteroatoms. The number of nitrogens with zero attached hydrogens (tertiary/aromatic N) is 1. The first-order valence-electron chi connectivity index (χ1n) is 7.62. The highest BCUT2D eigenvalue weighted by Crippen LogP contribution is 2.21. The second-order valence-electron chi connectivity index (χ2n) is 5.62. The van der Waals surface area contributed by atoms with Crippen LogP contribution in [-0.2, 0) is 21.3 Å². The van der Waals surface area contributed by atoms with Crippen LogP contribution in [0, 0.1) is 6.92 Å². The Balaban J connectivity index is 1.72. The number of amides is 1. The maximum absolute atomic E-state index is 12.6. The summed E-state index contributed by atoms with van der Waals surface area (Å²) in [5, 5.41) is 7.86. The van der Waals surface area contributed by atoms with Crippen molar-refractivity contribution in [1.82, 2.24) is 5.16 Å². The predicted octanol–water partition coefficient (Wildman–Crippen LogP) is 3.41. The highest BCUT2D eigenvalue weighted by atomic mass is 32.2. The summed E-state index contributed by atoms with van der Waals surface area (Å²) in [6, 6.07) is 15.5. The molecule has 0 fully saturated rings. The third-order valence-electron chi connectivity index (χ3n) is 3.82. The summed E-state index contributed by atoms with van der Waals surface area (Å²) in [5.74, 6) is 0.941. The van der Waals surface area contributed by atoms with E-state index < -0.39 is 16.0 Å². The minimum Gasteiger partial charge on any atom is -0.360 e. The van der Waals surface area contributed by atoms with Crippen molar-refractivity contribution in [2.45, 2.75) is 24.9 Å². The number of hydrogen-bond donors (Lipinski definition) is 1. The second-order valence-corrected chi connectivity index (χ2v) is 7.37. The van der Waals surface area contributed by atoms with Crippen LogP contribution >= 0.6 is 0 Å². The van der Waals surface area contributed by atoms with Crippen LogP contribution in [0.4, 0.5) is 5.82 Å². The summed E-state index contributed by atoms with van der Waals surface area (Å²) < 4.78 is 17.5. The van der Waals surface area contributed by atoms with Crippen molar-refractivity contribution < 1.29 is 13.5 Å². The van der Waals surface area contributed by atoms with Crippen molar-refractivity contribution in [1.29, 1.82) is 0 Å². The fraction of sp³-hybridized carbons (Fsp3) is 0.222. The van der Waals surface area contributed by atoms with E-state index >= 15 is 0 Å². The van der Waals surface area contributed by atoms with Crippen LogP contribution in [0.2, 0.25) is 0 Å². The van der Waals surface area contributed by atoms with Gasteiger partial charge < -0.3 is 9.84 Å². The molecule has 2 aromatic carbocycles. The van der Waals surface area contributed by atoms with Gasteiger partial charge in [-0.05, 0) is 30.2 Å². The van der Waals surface area contributed by atoms with Crippen LogP contribution in [-0.4, -0.2) is 20.5 Å². The van der Waals surface area contributed by atoms with Gasteiger partial charge in [0.25, 0.3) is 0 Å². The van der Waals surface area contributed by atoms with Gasteiger partial charge >= 0.3 is 0 Å². The third-order valence-corrected chi connectivity index (χ3v) is 5.42. The van der Waals surface area contributed by atoms with E-state index in [9.17, 15) is 9.00 Å². The zero-order valence-electron chi connectivity index (χ0n) is 13.5. The van der Waals surface area contributed by atoms with E-state index in [1.54, 1.807) is 19.9 Å². The van der Waals surface area contributed by atoms with E-state index in [4.69, 9.17) is 4.52 Å². The summed E-state index contributed by atoms with van der Waals surface area (Å²) in [6.07, 6.45) is 0. The molecule has 2 atom stereocenters. The molecule has 1 heterocycles. The van der Waals surface area contributed by atoms with Gasteiger partial charge in [0.2, 0.25) is 5.91 Å². The van der Waals surface area contributed by atoms with Crippen molar-refractivity contribution in [3.05, 3.63) is 59.9 Å². The van der Waals surface area contributed by atoms with Gasteiger partial charge in [0, 0.05) is 22.6 Å². The Morgan fingerprint density at radius 1 is 1.25 bits per heavy atom. The van der Waals surface area contributed by atoms with Gasteiger partial charge in [0.15, 0.2) is 5.82 Å². The van der Waals surface area contributed by atoms with Crippen molar-refractivity contribution in [3.8, 4) is 0 Å². The van der Waals surface area contributed by atoms with Gasteiger partial charge in [-0.15, -0.1) is 0 Å². The number of fused-ring (bicyclic) bond motifs is 1. The van der Waals surface area contributed by atoms with Crippen LogP contribution in [0.1, 0.15) is 18.2 Å². The quantitative estimate of drug-likeness (QED) is 0.771. The molecule has 1 N–H and O–H groups in total. The molecular formula is C18H18N2O3S. The van der Waals surface area contributed by atoms with Gasteiger partial charge in [-0.25, -0.2) is 0 Å². The molecule has 0 saturated carbocycles. The summed E-state index contributed by atoms with van der Waals surface area (Å²) in [4.78, 5) is 12.2. The fourth-order valence-electron chi connectivity index (χ4n) is 2.47. The van der Waals surface area contributed by atoms with E-state index in [1.807, 2.05) is 42.5 Å². The topological polar surface area (TPSA) is 72.2 Å². The summed E-state index contributed by atoms with van der Waals surface area (Å²) >= 11 is 0. The molecule has 3 aromatic rings. The molecule has 24 heavy (non-hydrogen) atoms. The molecule has 1 aromatic heterocycles. The largest absolute Gasteiger partial charge is 0.360 e. The molecule has 0 aliphatic carbocycles. The minimum absolute atomic E-state index is 0.327. The molecular weight excluding hydrogens is 324 g/mol. The van der Waals surface area contributed by atoms with Gasteiger partial charge in [-0.1, -0.05) is 47.6 Å². The number of aryl methyl sites for hydroxylation is 1. The second kappa shape index (κ2) is 6.97. The lowest BCUT2D eigenvalue weighted by atomic mass is 10.1. The predicted molar refractivity (Wildman–Crippen MR) is 95.1 cm³/mol. The van der Waals surface area contributed by atoms with Gasteiger partial charge in [0.05, 0.1) is 0 Å². The SMILES string of the molecule is Cc1cc(NC(=O)[C@H](C)[S@@](=O)Cc2cccc3ccccc23)no1. The summed E-state index contributed by atoms with van der Waals surface area (Å²) in [6.45, 7) is 3.40. The monoisotopic (exact) mass is 342 g/mol. The Kier molecular flexibility index (Phi) is 4.76. The highest BCUT2D eigenvalue weighted by Gasteiger charge is 2.21. The van der Waals surface area contributed by atoms with E-state index in [0.717, 1.165) is 16.3 Å². The zero-order valence-corrected chi connectivity index (χ0v) is 14.3. The van der Waals surface area contributed by atoms with Crippen molar-refractivity contribution >= 4 is 33.3 Å². The number of aromatic nitrogens is 1. The Labute approximate surface area is 142 Å². The number of rotatable bonds is 5. The average Bonchev–Trinajstić information content (AvgIpc) is 2.99. The number of nitrogens with one attached hydrogen (secondary N) is 1. The standard InChI is InChI=1S/C18H18N2O3S/c1-12-10-17(20-23-12)19-18(21)13(2)24(22)11-15-8-5-7-14-6-3-4-9-16(14)15/h3-10,13H,11H2,1-2H3,(H,19,20,21)/t13-,24-/m0/s1. The normalized spacial score (nSPS) is 13.6. The lowest BCUT2D eigenvalue weighted by molar-refractivity contribution is -0.115. The maximum Gasteiger partial charge on any atom is 0.241 e. The van der Waals surface area contributed by atoms with E-state index in [0.29, 0.717) is 17.3 Å². The van der Waals surface area contributed by atoms with Gasteiger partial charge in [0.1, 0.15) is 11.0 Å². The average molecular weight is 342 g/mol. The van der Waals surface area contributed by atoms with Crippen LogP contribution in [0.15, 0.2) is 53.1 Å². The number of hydrogen-bond acceptors (Lipinski definition) is 4. The molecule has 0 radical (unpaired) electrons. The van der Waals surface area contributed by atoms with Gasteiger partial charge in [-0.2, -0.15) is 0 Å². The van der Waals surface area contributed by atoms with E-state index in [1.165, 1.54) is 0 Å². The fourth-order valence-corrected chi connectivity index (χ4v) is 3.58. The summed E-state index contributed by atoms with van der Waals surface area (Å²) in [7, 11) is -1.34. The van der Waals surface area contributed by atoms with Crippen LogP contribution in [0.3, 0.4) is 0 Å². The van der Waals surface area contributed by atoms with Crippen molar-refractivity contribution in [2.75, 3.05) is 5.32 Å². The zero-order chi connectivity index (χ0) is 17.1. The Morgan fingerprint density at radius 3 is 2.75 bits per heavy atom. The third kappa shape index (κ3) is 3.54. The number of carbonyl (C=O) groups is 1. The first kappa shape index (κ1) is 16.4. The molecule has 0 spiro atoms. The molecule has 0 aliphatic heterocycles. The number of benzene rings is 2. The Bertz CT molecular complexity index is 899. The van der Waals surface area contributed by atoms with E-state index in [-0.39, 0.29) is 5.91 Å². The molecule has 0 bridgehead atoms. The van der Waals surface area contributed by atoms with Crippen LogP contribution in [0.25, 0.3) is 10.8 Å². The van der Waals surface area contributed by atoms with Crippen LogP contribution in [0.5, 0.6) is 0 Å². The lowest BCUT2D eigenvalue weighted by Gasteiger charge is -2.12. The van der Waals surface area contributed by atoms with Crippen molar-refractivity contribution in [2.24, 2.45) is 0 Å². The number of anilines is 1. The van der Waals surface area contributed by atoms with E-state index in [2.05, 4.69) is 10.5 Å². The molecule has 0 saturated heterocycles. The Hall–Kier alpha value is -2.47. The molecule has 5 nitrogen and oxygen atoms in total. The molecule has 3 rings (SSSR count). The lowest BCUT2D eigenvalue weighted by Crippen LogP contribution is -2.29. The van der Waals surface area contributed by atoms with Gasteiger partial charge in [-0.3, -0.25) is 9.00 Å². The Morgan fingerprint density at radius 2 is 2.00 bits per heavy atom. The molecule has 124 valence electrons. The maximum atomic E-state index is 12.6. The highest BCUT2D eigenvalue weighted by molar-refractivity contribution is 7.85. The minimum atomic E-state index is -1.34. The number of carbonyl (C=O) groups excluding carboxylic acids is 1. The first-order valence-corrected chi connectivity index (χ1v) is 9.01. The molecule has 0 aliphatic rings. The first-order chi connectivity index (χ1) is 11.5. The summed E-state index contributed by atoms with van der Waals surface area (Å²) in [5.41, 5.74) is 0.975.